The van der Waals surface area contributed by atoms with Crippen molar-refractivity contribution in [2.24, 2.45) is 11.8 Å². The minimum atomic E-state index is -0.247. The highest BCUT2D eigenvalue weighted by Crippen LogP contribution is 2.39. The molecule has 2 fully saturated rings. The number of aromatic amines is 1. The van der Waals surface area contributed by atoms with Gasteiger partial charge in [0.1, 0.15) is 11.6 Å². The molecule has 5 nitrogen and oxygen atoms in total. The van der Waals surface area contributed by atoms with Gasteiger partial charge in [0.25, 0.3) is 0 Å². The van der Waals surface area contributed by atoms with E-state index in [-0.39, 0.29) is 17.7 Å². The summed E-state index contributed by atoms with van der Waals surface area (Å²) in [5.74, 6) is 1.75. The average molecular weight is 329 g/mol. The maximum absolute atomic E-state index is 12.9. The molecule has 0 amide bonds. The number of rotatable bonds is 5. The first-order chi connectivity index (χ1) is 11.7. The van der Waals surface area contributed by atoms with Crippen LogP contribution in [0, 0.1) is 17.7 Å². The van der Waals surface area contributed by atoms with Crippen molar-refractivity contribution >= 4 is 5.78 Å². The van der Waals surface area contributed by atoms with Gasteiger partial charge in [-0.2, -0.15) is 5.10 Å². The predicted molar refractivity (Wildman–Crippen MR) is 86.4 cm³/mol. The average Bonchev–Trinajstić information content (AvgIpc) is 3.25. The van der Waals surface area contributed by atoms with E-state index < -0.39 is 0 Å². The molecule has 126 valence electrons. The molecule has 6 heteroatoms. The van der Waals surface area contributed by atoms with Crippen molar-refractivity contribution in [1.82, 2.24) is 15.1 Å². The van der Waals surface area contributed by atoms with Crippen LogP contribution >= 0.6 is 0 Å². The normalized spacial score (nSPS) is 26.5. The van der Waals surface area contributed by atoms with Gasteiger partial charge >= 0.3 is 0 Å². The molecule has 1 aliphatic carbocycles. The van der Waals surface area contributed by atoms with Crippen LogP contribution in [0.25, 0.3) is 0 Å². The Bertz CT molecular complexity index is 688. The van der Waals surface area contributed by atoms with Crippen LogP contribution in [0.15, 0.2) is 36.7 Å². The van der Waals surface area contributed by atoms with E-state index in [1.54, 1.807) is 24.5 Å². The Morgan fingerprint density at radius 3 is 2.58 bits per heavy atom. The fraction of sp³-hybridized carbons (Fsp3) is 0.444. The number of hydrogen-bond acceptors (Lipinski definition) is 4. The van der Waals surface area contributed by atoms with Gasteiger partial charge in [-0.15, -0.1) is 0 Å². The summed E-state index contributed by atoms with van der Waals surface area (Å²) >= 11 is 0. The van der Waals surface area contributed by atoms with Gasteiger partial charge in [0.05, 0.1) is 24.4 Å². The van der Waals surface area contributed by atoms with E-state index in [4.69, 9.17) is 4.74 Å². The summed E-state index contributed by atoms with van der Waals surface area (Å²) in [4.78, 5) is 14.4. The zero-order chi connectivity index (χ0) is 16.5. The number of Topliss-reactive ketones (excluding diaryl/α,β-unsaturated/α-hetero) is 1. The zero-order valence-corrected chi connectivity index (χ0v) is 13.3. The number of nitrogens with one attached hydrogen (secondary N) is 1. The maximum Gasteiger partial charge on any atom is 0.179 e. The molecule has 0 spiro atoms. The minimum absolute atomic E-state index is 0.114. The lowest BCUT2D eigenvalue weighted by Crippen LogP contribution is -2.29. The Hall–Kier alpha value is -2.21. The lowest BCUT2D eigenvalue weighted by molar-refractivity contribution is 0.0936. The number of H-pyrrole nitrogens is 1. The first-order valence-electron chi connectivity index (χ1n) is 8.34. The van der Waals surface area contributed by atoms with Crippen molar-refractivity contribution in [1.29, 1.82) is 0 Å². The summed E-state index contributed by atoms with van der Waals surface area (Å²) in [6.45, 7) is 2.34. The van der Waals surface area contributed by atoms with Crippen LogP contribution in [0.1, 0.15) is 23.2 Å². The summed E-state index contributed by atoms with van der Waals surface area (Å²) in [7, 11) is 0. The van der Waals surface area contributed by atoms with Crippen molar-refractivity contribution in [3.8, 4) is 5.75 Å². The molecule has 0 unspecified atom stereocenters. The van der Waals surface area contributed by atoms with E-state index >= 15 is 0 Å². The van der Waals surface area contributed by atoms with Gasteiger partial charge in [0.2, 0.25) is 0 Å². The molecule has 3 atom stereocenters. The molecule has 1 N–H and O–H groups in total. The van der Waals surface area contributed by atoms with Crippen LogP contribution in [-0.2, 0) is 0 Å². The number of fused-ring (bicyclic) bond motifs is 1. The van der Waals surface area contributed by atoms with Crippen molar-refractivity contribution in [2.45, 2.75) is 18.9 Å². The standard InChI is InChI=1S/C18H20FN3O2/c19-15-1-3-16(4-2-15)24-17-5-12-9-22(10-13(12)6-17)11-18(23)14-7-20-21-8-14/h1-4,7-8,12-13,17H,5-6,9-11H2,(H,20,21)/t12-,13+,17+. The minimum Gasteiger partial charge on any atom is -0.490 e. The quantitative estimate of drug-likeness (QED) is 0.857. The molecule has 1 aromatic heterocycles. The number of nitrogens with zero attached hydrogens (tertiary/aromatic N) is 2. The Morgan fingerprint density at radius 1 is 1.25 bits per heavy atom. The number of carbonyl (C=O) groups is 1. The van der Waals surface area contributed by atoms with E-state index in [2.05, 4.69) is 15.1 Å². The van der Waals surface area contributed by atoms with Crippen molar-refractivity contribution < 1.29 is 13.9 Å². The second-order valence-corrected chi connectivity index (χ2v) is 6.79. The number of halogens is 1. The highest BCUT2D eigenvalue weighted by Gasteiger charge is 2.42. The SMILES string of the molecule is O=C(CN1C[C@H]2C[C@H](Oc3ccc(F)cc3)C[C@H]2C1)c1cn[nH]c1. The molecule has 0 radical (unpaired) electrons. The number of ketones is 1. The maximum atomic E-state index is 12.9. The van der Waals surface area contributed by atoms with Crippen molar-refractivity contribution in [2.75, 3.05) is 19.6 Å². The van der Waals surface area contributed by atoms with Gasteiger partial charge in [-0.05, 0) is 48.9 Å². The number of likely N-dealkylation sites (tertiary alicyclic amines) is 1. The van der Waals surface area contributed by atoms with E-state index in [0.717, 1.165) is 31.7 Å². The molecule has 2 aliphatic rings. The summed E-state index contributed by atoms with van der Waals surface area (Å²) in [6.07, 6.45) is 5.41. The lowest BCUT2D eigenvalue weighted by atomic mass is 10.0. The van der Waals surface area contributed by atoms with Crippen molar-refractivity contribution in [3.05, 3.63) is 48.0 Å². The molecule has 1 aliphatic heterocycles. The van der Waals surface area contributed by atoms with Crippen molar-refractivity contribution in [3.63, 3.8) is 0 Å². The second-order valence-electron chi connectivity index (χ2n) is 6.79. The molecular formula is C18H20FN3O2. The topological polar surface area (TPSA) is 58.2 Å². The van der Waals surface area contributed by atoms with E-state index in [0.29, 0.717) is 23.9 Å². The Labute approximate surface area is 139 Å². The number of aromatic nitrogens is 2. The first-order valence-corrected chi connectivity index (χ1v) is 8.34. The number of ether oxygens (including phenoxy) is 1. The first kappa shape index (κ1) is 15.3. The molecule has 4 rings (SSSR count). The zero-order valence-electron chi connectivity index (χ0n) is 13.3. The van der Waals surface area contributed by atoms with E-state index in [9.17, 15) is 9.18 Å². The smallest absolute Gasteiger partial charge is 0.179 e. The lowest BCUT2D eigenvalue weighted by Gasteiger charge is -2.19. The Kier molecular flexibility index (Phi) is 4.06. The molecule has 1 saturated heterocycles. The van der Waals surface area contributed by atoms with Gasteiger partial charge in [0.15, 0.2) is 5.78 Å². The highest BCUT2D eigenvalue weighted by atomic mass is 19.1. The van der Waals surface area contributed by atoms with Gasteiger partial charge in [-0.25, -0.2) is 4.39 Å². The second kappa shape index (κ2) is 6.36. The predicted octanol–water partition coefficient (Wildman–Crippen LogP) is 2.52. The van der Waals surface area contributed by atoms with E-state index in [1.165, 1.54) is 12.1 Å². The summed E-state index contributed by atoms with van der Waals surface area (Å²) in [6, 6.07) is 6.21. The molecule has 1 saturated carbocycles. The third kappa shape index (κ3) is 3.19. The summed E-state index contributed by atoms with van der Waals surface area (Å²) in [5, 5.41) is 6.50. The monoisotopic (exact) mass is 329 g/mol. The molecule has 2 aromatic rings. The molecule has 1 aromatic carbocycles. The highest BCUT2D eigenvalue weighted by molar-refractivity contribution is 5.97. The third-order valence-corrected chi connectivity index (χ3v) is 5.09. The number of carbonyl (C=O) groups excluding carboxylic acids is 1. The van der Waals surface area contributed by atoms with Crippen LogP contribution in [-0.4, -0.2) is 46.6 Å². The van der Waals surface area contributed by atoms with Gasteiger partial charge in [-0.3, -0.25) is 14.8 Å². The van der Waals surface area contributed by atoms with Gasteiger partial charge in [-0.1, -0.05) is 0 Å². The number of benzene rings is 1. The van der Waals surface area contributed by atoms with Crippen LogP contribution in [0.3, 0.4) is 0 Å². The van der Waals surface area contributed by atoms with Crippen LogP contribution < -0.4 is 4.74 Å². The summed E-state index contributed by atoms with van der Waals surface area (Å²) < 4.78 is 18.9. The largest absolute Gasteiger partial charge is 0.490 e. The molecule has 24 heavy (non-hydrogen) atoms. The Balaban J connectivity index is 1.29. The van der Waals surface area contributed by atoms with Crippen LogP contribution in [0.4, 0.5) is 4.39 Å². The number of hydrogen-bond donors (Lipinski definition) is 1. The summed E-state index contributed by atoms with van der Waals surface area (Å²) in [5.41, 5.74) is 0.643. The van der Waals surface area contributed by atoms with E-state index in [1.807, 2.05) is 0 Å². The third-order valence-electron chi connectivity index (χ3n) is 5.09. The Morgan fingerprint density at radius 2 is 1.96 bits per heavy atom. The fourth-order valence-corrected chi connectivity index (χ4v) is 3.97. The van der Waals surface area contributed by atoms with Crippen LogP contribution in [0.5, 0.6) is 5.75 Å². The van der Waals surface area contributed by atoms with Gasteiger partial charge in [0, 0.05) is 19.3 Å². The fourth-order valence-electron chi connectivity index (χ4n) is 3.97. The molecular weight excluding hydrogens is 309 g/mol. The molecule has 0 bridgehead atoms. The van der Waals surface area contributed by atoms with Crippen LogP contribution in [0.2, 0.25) is 0 Å². The van der Waals surface area contributed by atoms with Gasteiger partial charge < -0.3 is 4.74 Å². The molecule has 2 heterocycles.